The van der Waals surface area contributed by atoms with Crippen molar-refractivity contribution in [2.75, 3.05) is 0 Å². The van der Waals surface area contributed by atoms with Crippen LogP contribution >= 0.6 is 0 Å². The fourth-order valence-electron chi connectivity index (χ4n) is 2.34. The van der Waals surface area contributed by atoms with Crippen molar-refractivity contribution in [1.29, 1.82) is 0 Å². The molecule has 2 heterocycles. The summed E-state index contributed by atoms with van der Waals surface area (Å²) in [6, 6.07) is 2.68. The highest BCUT2D eigenvalue weighted by molar-refractivity contribution is 5.98. The molecule has 0 aliphatic carbocycles. The van der Waals surface area contributed by atoms with Crippen LogP contribution in [0.3, 0.4) is 0 Å². The number of carbonyl (C=O) groups is 3. The number of hydrogen-bond donors (Lipinski definition) is 4. The van der Waals surface area contributed by atoms with E-state index in [0.29, 0.717) is 16.9 Å². The highest BCUT2D eigenvalue weighted by Crippen LogP contribution is 2.12. The van der Waals surface area contributed by atoms with E-state index >= 15 is 0 Å². The van der Waals surface area contributed by atoms with Crippen LogP contribution in [0.25, 0.3) is 11.0 Å². The van der Waals surface area contributed by atoms with Crippen molar-refractivity contribution in [2.45, 2.75) is 25.4 Å². The summed E-state index contributed by atoms with van der Waals surface area (Å²) >= 11 is 0. The third-order valence-electron chi connectivity index (χ3n) is 3.46. The van der Waals surface area contributed by atoms with E-state index in [0.717, 1.165) is 0 Å². The van der Waals surface area contributed by atoms with Crippen LogP contribution in [0.5, 0.6) is 0 Å². The molecule has 2 aromatic rings. The number of amides is 4. The number of rotatable bonds is 3. The molecular weight excluding hydrogens is 305 g/mol. The van der Waals surface area contributed by atoms with Crippen molar-refractivity contribution in [1.82, 2.24) is 25.9 Å². The first-order valence-electron chi connectivity index (χ1n) is 7.03. The zero-order valence-corrected chi connectivity index (χ0v) is 12.0. The van der Waals surface area contributed by atoms with Gasteiger partial charge in [0, 0.05) is 6.42 Å². The highest BCUT2D eigenvalue weighted by Gasteiger charge is 2.25. The van der Waals surface area contributed by atoms with E-state index in [2.05, 4.69) is 25.9 Å². The average molecular weight is 319 g/mol. The number of carbonyl (C=O) groups excluding carboxylic acids is 3. The smallest absolute Gasteiger partial charge is 0.322 e. The van der Waals surface area contributed by atoms with E-state index in [1.807, 2.05) is 0 Å². The Labute approximate surface area is 129 Å². The summed E-state index contributed by atoms with van der Waals surface area (Å²) in [5, 5.41) is 7.14. The van der Waals surface area contributed by atoms with Gasteiger partial charge in [0.2, 0.25) is 11.8 Å². The molecule has 0 radical (unpaired) electrons. The number of benzene rings is 1. The zero-order chi connectivity index (χ0) is 16.4. The summed E-state index contributed by atoms with van der Waals surface area (Å²) < 4.78 is 13.1. The van der Waals surface area contributed by atoms with Crippen LogP contribution < -0.4 is 16.0 Å². The first-order valence-corrected chi connectivity index (χ1v) is 7.03. The number of aromatic nitrogens is 2. The molecule has 1 saturated heterocycles. The summed E-state index contributed by atoms with van der Waals surface area (Å²) in [6.45, 7) is 0.100. The van der Waals surface area contributed by atoms with Crippen molar-refractivity contribution in [2.24, 2.45) is 0 Å². The Morgan fingerprint density at radius 3 is 3.04 bits per heavy atom. The van der Waals surface area contributed by atoms with Gasteiger partial charge in [0.1, 0.15) is 17.7 Å². The number of hydrogen-bond acceptors (Lipinski definition) is 4. The Kier molecular flexibility index (Phi) is 3.92. The quantitative estimate of drug-likeness (QED) is 0.651. The minimum atomic E-state index is -0.789. The Morgan fingerprint density at radius 2 is 2.22 bits per heavy atom. The minimum Gasteiger partial charge on any atom is -0.347 e. The maximum absolute atomic E-state index is 13.1. The van der Waals surface area contributed by atoms with E-state index in [-0.39, 0.29) is 25.2 Å². The predicted molar refractivity (Wildman–Crippen MR) is 77.6 cm³/mol. The first kappa shape index (κ1) is 14.9. The van der Waals surface area contributed by atoms with Crippen LogP contribution in [0.1, 0.15) is 18.7 Å². The number of imidazole rings is 1. The van der Waals surface area contributed by atoms with E-state index in [9.17, 15) is 18.8 Å². The van der Waals surface area contributed by atoms with Gasteiger partial charge in [-0.1, -0.05) is 0 Å². The van der Waals surface area contributed by atoms with Crippen molar-refractivity contribution >= 4 is 28.9 Å². The van der Waals surface area contributed by atoms with Gasteiger partial charge in [-0.3, -0.25) is 14.9 Å². The van der Waals surface area contributed by atoms with Gasteiger partial charge in [-0.2, -0.15) is 0 Å². The number of nitrogens with one attached hydrogen (secondary N) is 4. The van der Waals surface area contributed by atoms with Gasteiger partial charge in [0.25, 0.3) is 0 Å². The van der Waals surface area contributed by atoms with Crippen LogP contribution in [-0.4, -0.2) is 33.9 Å². The lowest BCUT2D eigenvalue weighted by Crippen LogP contribution is -2.48. The molecule has 0 saturated carbocycles. The second-order valence-corrected chi connectivity index (χ2v) is 5.18. The number of aromatic amines is 1. The second kappa shape index (κ2) is 6.03. The number of fused-ring (bicyclic) bond motifs is 1. The van der Waals surface area contributed by atoms with E-state index in [1.54, 1.807) is 0 Å². The van der Waals surface area contributed by atoms with Crippen LogP contribution in [0.2, 0.25) is 0 Å². The lowest BCUT2D eigenvalue weighted by molar-refractivity contribution is -0.123. The van der Waals surface area contributed by atoms with Crippen molar-refractivity contribution in [3.05, 3.63) is 29.8 Å². The second-order valence-electron chi connectivity index (χ2n) is 5.18. The molecule has 1 aliphatic rings. The van der Waals surface area contributed by atoms with Gasteiger partial charge in [0.15, 0.2) is 0 Å². The van der Waals surface area contributed by atoms with Gasteiger partial charge >= 0.3 is 6.03 Å². The molecule has 4 amide bonds. The third-order valence-corrected chi connectivity index (χ3v) is 3.46. The summed E-state index contributed by atoms with van der Waals surface area (Å²) in [7, 11) is 0. The molecule has 1 atom stereocenters. The lowest BCUT2D eigenvalue weighted by atomic mass is 10.1. The molecule has 23 heavy (non-hydrogen) atoms. The van der Waals surface area contributed by atoms with Gasteiger partial charge in [-0.15, -0.1) is 0 Å². The standard InChI is InChI=1S/C14H14FN5O3/c15-7-1-2-8-10(5-7)18-11(17-8)6-16-13(22)9-3-4-12(21)20-14(23)19-9/h1-2,5,9H,3-4,6H2,(H,16,22)(H,17,18)(H2,19,20,21,23)/t9-/m1/s1. The highest BCUT2D eigenvalue weighted by atomic mass is 19.1. The maximum atomic E-state index is 13.1. The van der Waals surface area contributed by atoms with Crippen LogP contribution in [0, 0.1) is 5.82 Å². The van der Waals surface area contributed by atoms with Gasteiger partial charge in [-0.05, 0) is 24.6 Å². The molecular formula is C14H14FN5O3. The predicted octanol–water partition coefficient (Wildman–Crippen LogP) is 0.306. The monoisotopic (exact) mass is 319 g/mol. The number of imide groups is 1. The number of halogens is 1. The van der Waals surface area contributed by atoms with Crippen molar-refractivity contribution in [3.63, 3.8) is 0 Å². The maximum Gasteiger partial charge on any atom is 0.322 e. The molecule has 8 nitrogen and oxygen atoms in total. The molecule has 120 valence electrons. The SMILES string of the molecule is O=C1CC[C@H](C(=O)NCc2nc3ccc(F)cc3[nH]2)NC(=O)N1. The van der Waals surface area contributed by atoms with Gasteiger partial charge in [0.05, 0.1) is 17.6 Å². The molecule has 1 aliphatic heterocycles. The minimum absolute atomic E-state index is 0.0841. The topological polar surface area (TPSA) is 116 Å². The molecule has 1 aromatic carbocycles. The molecule has 0 bridgehead atoms. The zero-order valence-electron chi connectivity index (χ0n) is 12.0. The molecule has 1 aromatic heterocycles. The fraction of sp³-hybridized carbons (Fsp3) is 0.286. The average Bonchev–Trinajstić information content (AvgIpc) is 2.82. The Morgan fingerprint density at radius 1 is 1.39 bits per heavy atom. The third kappa shape index (κ3) is 3.44. The molecule has 0 unspecified atom stereocenters. The molecule has 4 N–H and O–H groups in total. The molecule has 0 spiro atoms. The van der Waals surface area contributed by atoms with Gasteiger partial charge in [-0.25, -0.2) is 14.2 Å². The van der Waals surface area contributed by atoms with Crippen LogP contribution in [-0.2, 0) is 16.1 Å². The van der Waals surface area contributed by atoms with E-state index in [4.69, 9.17) is 0 Å². The van der Waals surface area contributed by atoms with E-state index in [1.165, 1.54) is 18.2 Å². The summed E-state index contributed by atoms with van der Waals surface area (Å²) in [6.07, 6.45) is 0.301. The largest absolute Gasteiger partial charge is 0.347 e. The molecule has 1 fully saturated rings. The Balaban J connectivity index is 1.63. The summed E-state index contributed by atoms with van der Waals surface area (Å²) in [5.74, 6) is -0.748. The number of H-pyrrole nitrogens is 1. The van der Waals surface area contributed by atoms with Crippen LogP contribution in [0.4, 0.5) is 9.18 Å². The van der Waals surface area contributed by atoms with Crippen molar-refractivity contribution in [3.8, 4) is 0 Å². The Bertz CT molecular complexity index is 788. The Hall–Kier alpha value is -2.97. The number of urea groups is 1. The van der Waals surface area contributed by atoms with Crippen molar-refractivity contribution < 1.29 is 18.8 Å². The molecule has 3 rings (SSSR count). The first-order chi connectivity index (χ1) is 11.0. The number of nitrogens with zero attached hydrogens (tertiary/aromatic N) is 1. The summed E-state index contributed by atoms with van der Waals surface area (Å²) in [4.78, 5) is 41.8. The normalized spacial score (nSPS) is 18.2. The summed E-state index contributed by atoms with van der Waals surface area (Å²) in [5.41, 5.74) is 1.13. The van der Waals surface area contributed by atoms with Crippen LogP contribution in [0.15, 0.2) is 18.2 Å². The fourth-order valence-corrected chi connectivity index (χ4v) is 2.34. The van der Waals surface area contributed by atoms with E-state index < -0.39 is 23.9 Å². The lowest BCUT2D eigenvalue weighted by Gasteiger charge is -2.14. The molecule has 9 heteroatoms. The van der Waals surface area contributed by atoms with Gasteiger partial charge < -0.3 is 15.6 Å².